The zero-order valence-corrected chi connectivity index (χ0v) is 14.3. The molecule has 2 rings (SSSR count). The molecule has 0 aliphatic carbocycles. The lowest BCUT2D eigenvalue weighted by Crippen LogP contribution is -2.19. The van der Waals surface area contributed by atoms with Gasteiger partial charge in [0.05, 0.1) is 11.1 Å². The second kappa shape index (κ2) is 6.26. The van der Waals surface area contributed by atoms with Crippen molar-refractivity contribution in [2.24, 2.45) is 12.1 Å². The number of aryl methyl sites for hydroxylation is 2. The third-order valence-corrected chi connectivity index (χ3v) is 5.06. The van der Waals surface area contributed by atoms with E-state index in [4.69, 9.17) is 5.26 Å². The molecule has 0 spiro atoms. The maximum absolute atomic E-state index is 12.3. The van der Waals surface area contributed by atoms with Crippen LogP contribution in [0.5, 0.6) is 0 Å². The molecular formula is C16H18N4O2S. The molecular weight excluding hydrogens is 312 g/mol. The predicted octanol–water partition coefficient (Wildman–Crippen LogP) is 2.13. The van der Waals surface area contributed by atoms with Crippen LogP contribution < -0.4 is 4.83 Å². The lowest BCUT2D eigenvalue weighted by molar-refractivity contribution is 0.584. The van der Waals surface area contributed by atoms with Gasteiger partial charge in [-0.3, -0.25) is 0 Å². The first-order chi connectivity index (χ1) is 10.8. The van der Waals surface area contributed by atoms with E-state index in [0.717, 1.165) is 11.3 Å². The smallest absolute Gasteiger partial charge is 0.276 e. The van der Waals surface area contributed by atoms with Crippen LogP contribution in [-0.4, -0.2) is 19.2 Å². The maximum Gasteiger partial charge on any atom is 0.276 e. The highest BCUT2D eigenvalue weighted by atomic mass is 32.2. The van der Waals surface area contributed by atoms with Crippen LogP contribution in [0.1, 0.15) is 28.1 Å². The first kappa shape index (κ1) is 16.8. The SMILES string of the molecule is Cc1ccc(C)c(S(=O)(=O)N/N=C\c2cc(C#N)n(C)c2C)c1. The van der Waals surface area contributed by atoms with Crippen molar-refractivity contribution in [2.45, 2.75) is 25.7 Å². The van der Waals surface area contributed by atoms with E-state index in [-0.39, 0.29) is 4.90 Å². The molecule has 0 aliphatic heterocycles. The molecule has 23 heavy (non-hydrogen) atoms. The number of hydrogen-bond donors (Lipinski definition) is 1. The number of nitrogens with one attached hydrogen (secondary N) is 1. The molecule has 1 aromatic heterocycles. The number of sulfonamides is 1. The summed E-state index contributed by atoms with van der Waals surface area (Å²) in [5, 5.41) is 12.8. The second-order valence-electron chi connectivity index (χ2n) is 5.36. The summed E-state index contributed by atoms with van der Waals surface area (Å²) in [7, 11) is -1.96. The summed E-state index contributed by atoms with van der Waals surface area (Å²) in [6.45, 7) is 5.40. The van der Waals surface area contributed by atoms with Crippen molar-refractivity contribution in [2.75, 3.05) is 0 Å². The lowest BCUT2D eigenvalue weighted by Gasteiger charge is -2.07. The van der Waals surface area contributed by atoms with Crippen molar-refractivity contribution >= 4 is 16.2 Å². The Hall–Kier alpha value is -2.59. The second-order valence-corrected chi connectivity index (χ2v) is 6.99. The summed E-state index contributed by atoms with van der Waals surface area (Å²) in [5.41, 5.74) is 3.52. The van der Waals surface area contributed by atoms with E-state index in [1.165, 1.54) is 6.21 Å². The van der Waals surface area contributed by atoms with Crippen molar-refractivity contribution in [1.29, 1.82) is 5.26 Å². The van der Waals surface area contributed by atoms with Crippen LogP contribution in [0.2, 0.25) is 0 Å². The standard InChI is InChI=1S/C16H18N4O2S/c1-11-5-6-12(2)16(7-11)23(21,22)19-18-10-14-8-15(9-17)20(4)13(14)3/h5-8,10,19H,1-4H3/b18-10-. The molecule has 120 valence electrons. The van der Waals surface area contributed by atoms with Gasteiger partial charge < -0.3 is 4.57 Å². The average molecular weight is 330 g/mol. The molecule has 7 heteroatoms. The highest BCUT2D eigenvalue weighted by Gasteiger charge is 2.16. The Morgan fingerprint density at radius 3 is 2.57 bits per heavy atom. The maximum atomic E-state index is 12.3. The largest absolute Gasteiger partial charge is 0.339 e. The van der Waals surface area contributed by atoms with Gasteiger partial charge in [-0.15, -0.1) is 0 Å². The highest BCUT2D eigenvalue weighted by Crippen LogP contribution is 2.16. The van der Waals surface area contributed by atoms with Gasteiger partial charge in [0.1, 0.15) is 11.8 Å². The van der Waals surface area contributed by atoms with Crippen molar-refractivity contribution in [3.8, 4) is 6.07 Å². The fourth-order valence-corrected chi connectivity index (χ4v) is 3.29. The van der Waals surface area contributed by atoms with Gasteiger partial charge in [0, 0.05) is 18.3 Å². The van der Waals surface area contributed by atoms with Gasteiger partial charge in [-0.05, 0) is 44.0 Å². The summed E-state index contributed by atoms with van der Waals surface area (Å²) < 4.78 is 26.4. The first-order valence-corrected chi connectivity index (χ1v) is 8.43. The van der Waals surface area contributed by atoms with Crippen molar-refractivity contribution < 1.29 is 8.42 Å². The summed E-state index contributed by atoms with van der Waals surface area (Å²) in [5.74, 6) is 0. The van der Waals surface area contributed by atoms with Crippen LogP contribution >= 0.6 is 0 Å². The minimum atomic E-state index is -3.73. The summed E-state index contributed by atoms with van der Waals surface area (Å²) >= 11 is 0. The third kappa shape index (κ3) is 3.43. The molecule has 6 nitrogen and oxygen atoms in total. The Balaban J connectivity index is 2.26. The van der Waals surface area contributed by atoms with E-state index in [2.05, 4.69) is 16.0 Å². The summed E-state index contributed by atoms with van der Waals surface area (Å²) in [6, 6.07) is 8.94. The highest BCUT2D eigenvalue weighted by molar-refractivity contribution is 7.89. The van der Waals surface area contributed by atoms with Crippen molar-refractivity contribution in [3.05, 3.63) is 52.3 Å². The topological polar surface area (TPSA) is 87.2 Å². The van der Waals surface area contributed by atoms with Gasteiger partial charge in [-0.25, -0.2) is 4.83 Å². The Morgan fingerprint density at radius 2 is 1.96 bits per heavy atom. The number of rotatable bonds is 4. The van der Waals surface area contributed by atoms with Crippen LogP contribution in [0.15, 0.2) is 34.3 Å². The number of nitriles is 1. The minimum absolute atomic E-state index is 0.206. The molecule has 1 heterocycles. The fourth-order valence-electron chi connectivity index (χ4n) is 2.17. The summed E-state index contributed by atoms with van der Waals surface area (Å²) in [4.78, 5) is 2.42. The van der Waals surface area contributed by atoms with Gasteiger partial charge in [-0.1, -0.05) is 12.1 Å². The fraction of sp³-hybridized carbons (Fsp3) is 0.250. The number of nitrogens with zero attached hydrogens (tertiary/aromatic N) is 3. The number of hydrogen-bond acceptors (Lipinski definition) is 4. The molecule has 0 saturated heterocycles. The zero-order valence-electron chi connectivity index (χ0n) is 13.5. The van der Waals surface area contributed by atoms with E-state index < -0.39 is 10.0 Å². The van der Waals surface area contributed by atoms with Crippen LogP contribution in [0.25, 0.3) is 0 Å². The minimum Gasteiger partial charge on any atom is -0.339 e. The van der Waals surface area contributed by atoms with Crippen molar-refractivity contribution in [3.63, 3.8) is 0 Å². The average Bonchev–Trinajstić information content (AvgIpc) is 2.77. The molecule has 0 bridgehead atoms. The van der Waals surface area contributed by atoms with E-state index in [0.29, 0.717) is 16.8 Å². The van der Waals surface area contributed by atoms with Gasteiger partial charge in [-0.2, -0.15) is 18.8 Å². The molecule has 0 amide bonds. The molecule has 1 aromatic carbocycles. The van der Waals surface area contributed by atoms with Crippen LogP contribution in [0.4, 0.5) is 0 Å². The molecule has 0 aliphatic rings. The van der Waals surface area contributed by atoms with Crippen molar-refractivity contribution in [1.82, 2.24) is 9.40 Å². The lowest BCUT2D eigenvalue weighted by atomic mass is 10.2. The van der Waals surface area contributed by atoms with Gasteiger partial charge in [0.2, 0.25) is 0 Å². The molecule has 0 atom stereocenters. The Bertz CT molecular complexity index is 918. The van der Waals surface area contributed by atoms with Crippen LogP contribution in [0.3, 0.4) is 0 Å². The zero-order chi connectivity index (χ0) is 17.2. The Kier molecular flexibility index (Phi) is 4.57. The number of benzene rings is 1. The molecule has 0 fully saturated rings. The van der Waals surface area contributed by atoms with Gasteiger partial charge in [0.25, 0.3) is 10.0 Å². The molecule has 0 radical (unpaired) electrons. The normalized spacial score (nSPS) is 11.6. The quantitative estimate of drug-likeness (QED) is 0.688. The molecule has 1 N–H and O–H groups in total. The summed E-state index contributed by atoms with van der Waals surface area (Å²) in [6.07, 6.45) is 1.40. The van der Waals surface area contributed by atoms with Crippen LogP contribution in [-0.2, 0) is 17.1 Å². The molecule has 0 unspecified atom stereocenters. The van der Waals surface area contributed by atoms with E-state index in [1.807, 2.05) is 19.9 Å². The Morgan fingerprint density at radius 1 is 1.26 bits per heavy atom. The molecule has 2 aromatic rings. The van der Waals surface area contributed by atoms with Gasteiger partial charge in [0.15, 0.2) is 0 Å². The third-order valence-electron chi connectivity index (χ3n) is 3.70. The number of hydrazone groups is 1. The Labute approximate surface area is 136 Å². The van der Waals surface area contributed by atoms with Crippen LogP contribution in [0, 0.1) is 32.1 Å². The van der Waals surface area contributed by atoms with Gasteiger partial charge >= 0.3 is 0 Å². The molecule has 0 saturated carbocycles. The first-order valence-electron chi connectivity index (χ1n) is 6.95. The van der Waals surface area contributed by atoms with E-state index in [1.54, 1.807) is 36.7 Å². The van der Waals surface area contributed by atoms with E-state index in [9.17, 15) is 8.42 Å². The van der Waals surface area contributed by atoms with E-state index >= 15 is 0 Å². The predicted molar refractivity (Wildman–Crippen MR) is 88.7 cm³/mol. The number of aromatic nitrogens is 1. The monoisotopic (exact) mass is 330 g/mol.